The van der Waals surface area contributed by atoms with Gasteiger partial charge in [0.25, 0.3) is 0 Å². The second-order valence-corrected chi connectivity index (χ2v) is 5.38. The number of thioether (sulfide) groups is 1. The third kappa shape index (κ3) is 3.26. The van der Waals surface area contributed by atoms with E-state index in [1.54, 1.807) is 0 Å². The van der Waals surface area contributed by atoms with Gasteiger partial charge in [-0.2, -0.15) is 0 Å². The maximum atomic E-state index is 3.70. The first-order chi connectivity index (χ1) is 7.90. The van der Waals surface area contributed by atoms with Gasteiger partial charge in [0.05, 0.1) is 0 Å². The SMILES string of the molecule is CSc1ccccc1CNC1CCCCC1. The first kappa shape index (κ1) is 12.0. The molecule has 2 rings (SSSR count). The zero-order chi connectivity index (χ0) is 11.2. The van der Waals surface area contributed by atoms with E-state index in [1.807, 2.05) is 11.8 Å². The minimum absolute atomic E-state index is 0.753. The fraction of sp³-hybridized carbons (Fsp3) is 0.571. The van der Waals surface area contributed by atoms with Crippen LogP contribution in [0.5, 0.6) is 0 Å². The Morgan fingerprint density at radius 2 is 1.94 bits per heavy atom. The van der Waals surface area contributed by atoms with Gasteiger partial charge in [0.1, 0.15) is 0 Å². The monoisotopic (exact) mass is 235 g/mol. The fourth-order valence-corrected chi connectivity index (χ4v) is 3.03. The molecule has 0 radical (unpaired) electrons. The Hall–Kier alpha value is -0.470. The first-order valence-electron chi connectivity index (χ1n) is 6.25. The minimum Gasteiger partial charge on any atom is -0.310 e. The van der Waals surface area contributed by atoms with Gasteiger partial charge in [-0.1, -0.05) is 37.5 Å². The van der Waals surface area contributed by atoms with Gasteiger partial charge in [-0.3, -0.25) is 0 Å². The van der Waals surface area contributed by atoms with E-state index in [0.717, 1.165) is 12.6 Å². The number of hydrogen-bond acceptors (Lipinski definition) is 2. The molecule has 1 fully saturated rings. The van der Waals surface area contributed by atoms with Gasteiger partial charge >= 0.3 is 0 Å². The van der Waals surface area contributed by atoms with Gasteiger partial charge in [-0.05, 0) is 30.7 Å². The first-order valence-corrected chi connectivity index (χ1v) is 7.48. The lowest BCUT2D eigenvalue weighted by atomic mass is 9.95. The van der Waals surface area contributed by atoms with Gasteiger partial charge in [-0.15, -0.1) is 11.8 Å². The smallest absolute Gasteiger partial charge is 0.0219 e. The minimum atomic E-state index is 0.753. The number of hydrogen-bond donors (Lipinski definition) is 1. The zero-order valence-electron chi connectivity index (χ0n) is 10.0. The van der Waals surface area contributed by atoms with Crippen molar-refractivity contribution >= 4 is 11.8 Å². The summed E-state index contributed by atoms with van der Waals surface area (Å²) in [7, 11) is 0. The summed E-state index contributed by atoms with van der Waals surface area (Å²) in [6.45, 7) is 1.03. The van der Waals surface area contributed by atoms with Crippen LogP contribution in [-0.2, 0) is 6.54 Å². The molecule has 1 nitrogen and oxygen atoms in total. The predicted octanol–water partition coefficient (Wildman–Crippen LogP) is 3.83. The molecule has 0 aliphatic heterocycles. The molecule has 1 aliphatic rings. The van der Waals surface area contributed by atoms with E-state index in [9.17, 15) is 0 Å². The predicted molar refractivity (Wildman–Crippen MR) is 71.9 cm³/mol. The van der Waals surface area contributed by atoms with Crippen molar-refractivity contribution in [1.29, 1.82) is 0 Å². The fourth-order valence-electron chi connectivity index (χ4n) is 2.41. The highest BCUT2D eigenvalue weighted by Gasteiger charge is 2.12. The maximum absolute atomic E-state index is 3.70. The van der Waals surface area contributed by atoms with Crippen LogP contribution in [0.25, 0.3) is 0 Å². The summed E-state index contributed by atoms with van der Waals surface area (Å²) in [5.41, 5.74) is 1.44. The van der Waals surface area contributed by atoms with Crippen molar-refractivity contribution in [3.63, 3.8) is 0 Å². The molecule has 0 spiro atoms. The van der Waals surface area contributed by atoms with Crippen LogP contribution in [0.2, 0.25) is 0 Å². The molecular formula is C14H21NS. The van der Waals surface area contributed by atoms with E-state index < -0.39 is 0 Å². The van der Waals surface area contributed by atoms with E-state index in [4.69, 9.17) is 0 Å². The summed E-state index contributed by atoms with van der Waals surface area (Å²) < 4.78 is 0. The summed E-state index contributed by atoms with van der Waals surface area (Å²) in [5, 5.41) is 3.70. The molecule has 16 heavy (non-hydrogen) atoms. The Kier molecular flexibility index (Phi) is 4.73. The highest BCUT2D eigenvalue weighted by atomic mass is 32.2. The van der Waals surface area contributed by atoms with Gasteiger partial charge in [-0.25, -0.2) is 0 Å². The molecule has 0 amide bonds. The Bertz CT molecular complexity index is 318. The highest BCUT2D eigenvalue weighted by molar-refractivity contribution is 7.98. The van der Waals surface area contributed by atoms with Crippen molar-refractivity contribution < 1.29 is 0 Å². The molecule has 0 heterocycles. The van der Waals surface area contributed by atoms with Gasteiger partial charge in [0, 0.05) is 17.5 Å². The molecule has 0 bridgehead atoms. The largest absolute Gasteiger partial charge is 0.310 e. The molecule has 1 aromatic carbocycles. The Morgan fingerprint density at radius 3 is 2.69 bits per heavy atom. The Morgan fingerprint density at radius 1 is 1.19 bits per heavy atom. The van der Waals surface area contributed by atoms with Crippen molar-refractivity contribution in [2.75, 3.05) is 6.26 Å². The van der Waals surface area contributed by atoms with Crippen molar-refractivity contribution in [2.45, 2.75) is 49.6 Å². The van der Waals surface area contributed by atoms with Crippen molar-refractivity contribution in [3.05, 3.63) is 29.8 Å². The van der Waals surface area contributed by atoms with E-state index in [2.05, 4.69) is 35.8 Å². The van der Waals surface area contributed by atoms with E-state index in [1.165, 1.54) is 42.6 Å². The van der Waals surface area contributed by atoms with Gasteiger partial charge in [0.15, 0.2) is 0 Å². The maximum Gasteiger partial charge on any atom is 0.0219 e. The van der Waals surface area contributed by atoms with E-state index in [-0.39, 0.29) is 0 Å². The van der Waals surface area contributed by atoms with Crippen molar-refractivity contribution in [3.8, 4) is 0 Å². The topological polar surface area (TPSA) is 12.0 Å². The molecule has 0 unspecified atom stereocenters. The molecule has 0 saturated heterocycles. The van der Waals surface area contributed by atoms with Crippen LogP contribution >= 0.6 is 11.8 Å². The molecular weight excluding hydrogens is 214 g/mol. The number of benzene rings is 1. The van der Waals surface area contributed by atoms with E-state index in [0.29, 0.717) is 0 Å². The summed E-state index contributed by atoms with van der Waals surface area (Å²) in [6, 6.07) is 9.46. The van der Waals surface area contributed by atoms with Crippen LogP contribution in [0.4, 0.5) is 0 Å². The van der Waals surface area contributed by atoms with Crippen molar-refractivity contribution in [2.24, 2.45) is 0 Å². The van der Waals surface area contributed by atoms with Crippen LogP contribution in [0.3, 0.4) is 0 Å². The summed E-state index contributed by atoms with van der Waals surface area (Å²) in [4.78, 5) is 1.41. The lowest BCUT2D eigenvalue weighted by Crippen LogP contribution is -2.30. The molecule has 0 aromatic heterocycles. The zero-order valence-corrected chi connectivity index (χ0v) is 10.9. The summed E-state index contributed by atoms with van der Waals surface area (Å²) in [5.74, 6) is 0. The molecule has 1 N–H and O–H groups in total. The molecule has 1 aliphatic carbocycles. The molecule has 88 valence electrons. The number of rotatable bonds is 4. The average molecular weight is 235 g/mol. The standard InChI is InChI=1S/C14H21NS/c1-16-14-10-6-5-7-12(14)11-15-13-8-3-2-4-9-13/h5-7,10,13,15H,2-4,8-9,11H2,1H3. The third-order valence-corrected chi connectivity index (χ3v) is 4.22. The average Bonchev–Trinajstić information content (AvgIpc) is 2.38. The lowest BCUT2D eigenvalue weighted by Gasteiger charge is -2.23. The van der Waals surface area contributed by atoms with Gasteiger partial charge < -0.3 is 5.32 Å². The Labute approximate surface area is 103 Å². The van der Waals surface area contributed by atoms with Crippen molar-refractivity contribution in [1.82, 2.24) is 5.32 Å². The summed E-state index contributed by atoms with van der Waals surface area (Å²) in [6.07, 6.45) is 9.12. The highest BCUT2D eigenvalue weighted by Crippen LogP contribution is 2.21. The second kappa shape index (κ2) is 6.31. The van der Waals surface area contributed by atoms with Crippen LogP contribution in [0.1, 0.15) is 37.7 Å². The van der Waals surface area contributed by atoms with E-state index >= 15 is 0 Å². The normalized spacial score (nSPS) is 17.6. The molecule has 0 atom stereocenters. The Balaban J connectivity index is 1.88. The van der Waals surface area contributed by atoms with Gasteiger partial charge in [0.2, 0.25) is 0 Å². The molecule has 1 aromatic rings. The van der Waals surface area contributed by atoms with Crippen LogP contribution < -0.4 is 5.32 Å². The summed E-state index contributed by atoms with van der Waals surface area (Å²) >= 11 is 1.84. The van der Waals surface area contributed by atoms with Crippen LogP contribution in [0, 0.1) is 0 Å². The van der Waals surface area contributed by atoms with Crippen LogP contribution in [0.15, 0.2) is 29.2 Å². The molecule has 1 saturated carbocycles. The third-order valence-electron chi connectivity index (χ3n) is 3.38. The lowest BCUT2D eigenvalue weighted by molar-refractivity contribution is 0.371. The quantitative estimate of drug-likeness (QED) is 0.796. The van der Waals surface area contributed by atoms with Crippen LogP contribution in [-0.4, -0.2) is 12.3 Å². The second-order valence-electron chi connectivity index (χ2n) is 4.53. The molecule has 2 heteroatoms. The number of nitrogens with one attached hydrogen (secondary N) is 1.